The molecule has 1 heterocycles. The van der Waals surface area contributed by atoms with Crippen molar-refractivity contribution in [1.29, 1.82) is 0 Å². The molecular formula is C56H104N12O12. The van der Waals surface area contributed by atoms with Crippen LogP contribution in [0.25, 0.3) is 0 Å². The maximum atomic E-state index is 13.9. The number of nitrogens with zero attached hydrogens (tertiary/aromatic N) is 3. The van der Waals surface area contributed by atoms with E-state index in [-0.39, 0.29) is 80.6 Å². The van der Waals surface area contributed by atoms with Gasteiger partial charge in [-0.05, 0) is 83.7 Å². The van der Waals surface area contributed by atoms with Crippen LogP contribution in [0.4, 0.5) is 5.69 Å². The van der Waals surface area contributed by atoms with Gasteiger partial charge in [0.15, 0.2) is 0 Å². The number of hydrogen-bond acceptors (Lipinski definition) is 14. The Morgan fingerprint density at radius 1 is 0.725 bits per heavy atom. The summed E-state index contributed by atoms with van der Waals surface area (Å²) in [5.74, 6) is -1.55. The number of likely N-dealkylation sites (tertiary alicyclic amines) is 1. The number of carbonyl (C=O) groups excluding carboxylic acids is 10. The molecule has 0 aromatic heterocycles. The average molecular weight is 1140 g/mol. The molecule has 10 amide bonds. The lowest BCUT2D eigenvalue weighted by Crippen LogP contribution is -2.54. The molecule has 1 saturated heterocycles. The van der Waals surface area contributed by atoms with E-state index in [1.54, 1.807) is 48.0 Å². The molecule has 0 spiro atoms. The zero-order chi connectivity index (χ0) is 61.8. The van der Waals surface area contributed by atoms with E-state index in [0.717, 1.165) is 30.9 Å². The number of hydrogen-bond donors (Lipinski definition) is 9. The van der Waals surface area contributed by atoms with Crippen LogP contribution in [-0.2, 0) is 63.8 Å². The minimum absolute atomic E-state index is 0.00170. The van der Waals surface area contributed by atoms with E-state index >= 15 is 0 Å². The molecule has 10 N–H and O–H groups in total. The van der Waals surface area contributed by atoms with Crippen molar-refractivity contribution in [3.05, 3.63) is 29.8 Å². The molecule has 24 nitrogen and oxygen atoms in total. The van der Waals surface area contributed by atoms with Gasteiger partial charge in [0.25, 0.3) is 0 Å². The smallest absolute Gasteiger partial charge is 0.243 e. The Balaban J connectivity index is -0.00000178. The SMILES string of the molecule is CC(C)C(C)N(C)C.CCC.CCC(C)C(C(CC(=O)N1CCCC1C(OC)C(C)C(=O)NC(CN)Cc1ccc(NC(=O)CNC(=O)CNC=O)cc1)OC)N(C)C(=O)CNC=O.CCNC(=O)CC.CCNC(=O)CNC=O. The molecule has 1 aromatic carbocycles. The number of nitrogens with two attached hydrogens (primary N) is 1. The van der Waals surface area contributed by atoms with E-state index in [4.69, 9.17) is 15.2 Å². The quantitative estimate of drug-likeness (QED) is 0.0463. The number of carbonyl (C=O) groups is 10. The van der Waals surface area contributed by atoms with Gasteiger partial charge >= 0.3 is 0 Å². The van der Waals surface area contributed by atoms with Crippen LogP contribution in [0.3, 0.4) is 0 Å². The number of anilines is 1. The van der Waals surface area contributed by atoms with Crippen LogP contribution in [0.2, 0.25) is 0 Å². The average Bonchev–Trinajstić information content (AvgIpc) is 3.93. The molecule has 0 bridgehead atoms. The highest BCUT2D eigenvalue weighted by Crippen LogP contribution is 2.29. The predicted octanol–water partition coefficient (Wildman–Crippen LogP) is 1.55. The van der Waals surface area contributed by atoms with Crippen LogP contribution in [0.15, 0.2) is 24.3 Å². The Kier molecular flexibility index (Phi) is 46.4. The summed E-state index contributed by atoms with van der Waals surface area (Å²) in [5.41, 5.74) is 7.44. The second-order valence-corrected chi connectivity index (χ2v) is 19.7. The van der Waals surface area contributed by atoms with Gasteiger partial charge in [-0.25, -0.2) is 0 Å². The standard InChI is InChI=1S/C36H58N8O9.C7H17N.C5H10N2O2.C5H11NO.C3H8/c1-7-23(2)34(43(4)33(50)20-39-22-46)29(52-5)16-32(49)44-14-8-9-28(44)35(53-6)24(3)36(51)42-27(17-37)15-25-10-12-26(13-11-25)41-31(48)19-40-30(47)18-38-21-45;1-6(2)7(3)8(4)5;1-2-7-5(9)3-6-4-8;1-3-5(7)6-4-2;1-3-2/h10-13,21-24,27-29,34-35H,7-9,14-20,37H2,1-6H3,(H,38,45)(H,39,46)(H,40,47)(H,41,48)(H,42,51);6-7H,1-5H3;4H,2-3H2,1H3,(H,6,8)(H,7,9);3-4H2,1-2H3,(H,6,7);3H2,1-2H3. The van der Waals surface area contributed by atoms with Crippen molar-refractivity contribution >= 4 is 66.3 Å². The summed E-state index contributed by atoms with van der Waals surface area (Å²) >= 11 is 0. The fourth-order valence-corrected chi connectivity index (χ4v) is 8.01. The third-order valence-corrected chi connectivity index (χ3v) is 13.0. The lowest BCUT2D eigenvalue weighted by atomic mass is 9.90. The van der Waals surface area contributed by atoms with E-state index in [1.807, 2.05) is 34.6 Å². The second kappa shape index (κ2) is 47.6. The van der Waals surface area contributed by atoms with Crippen LogP contribution in [0.1, 0.15) is 120 Å². The van der Waals surface area contributed by atoms with Gasteiger partial charge in [-0.2, -0.15) is 0 Å². The molecule has 1 aliphatic heterocycles. The molecule has 1 aliphatic rings. The van der Waals surface area contributed by atoms with E-state index in [2.05, 4.69) is 96.1 Å². The first-order valence-electron chi connectivity index (χ1n) is 27.9. The Bertz CT molecular complexity index is 1900. The summed E-state index contributed by atoms with van der Waals surface area (Å²) in [7, 11) is 8.93. The number of rotatable bonds is 32. The molecule has 0 radical (unpaired) electrons. The summed E-state index contributed by atoms with van der Waals surface area (Å²) in [5, 5.41) is 20.1. The molecular weight excluding hydrogens is 1030 g/mol. The van der Waals surface area contributed by atoms with Crippen molar-refractivity contribution in [1.82, 2.24) is 51.9 Å². The molecule has 8 unspecified atom stereocenters. The summed E-state index contributed by atoms with van der Waals surface area (Å²) in [6.07, 6.45) is 4.56. The molecule has 460 valence electrons. The predicted molar refractivity (Wildman–Crippen MR) is 313 cm³/mol. The van der Waals surface area contributed by atoms with Crippen molar-refractivity contribution in [2.24, 2.45) is 23.5 Å². The van der Waals surface area contributed by atoms with E-state index in [1.165, 1.54) is 20.6 Å². The monoisotopic (exact) mass is 1140 g/mol. The van der Waals surface area contributed by atoms with Crippen LogP contribution < -0.4 is 48.3 Å². The zero-order valence-electron chi connectivity index (χ0n) is 51.2. The summed E-state index contributed by atoms with van der Waals surface area (Å²) in [6, 6.07) is 6.53. The lowest BCUT2D eigenvalue weighted by molar-refractivity contribution is -0.145. The number of nitrogens with one attached hydrogen (secondary N) is 8. The number of methoxy groups -OCH3 is 2. The van der Waals surface area contributed by atoms with Crippen LogP contribution in [-0.4, -0.2) is 199 Å². The van der Waals surface area contributed by atoms with Gasteiger partial charge < -0.3 is 72.4 Å². The lowest BCUT2D eigenvalue weighted by Gasteiger charge is -2.39. The van der Waals surface area contributed by atoms with Gasteiger partial charge in [-0.1, -0.05) is 80.4 Å². The van der Waals surface area contributed by atoms with Crippen molar-refractivity contribution in [2.75, 3.05) is 93.0 Å². The number of benzene rings is 1. The number of ether oxygens (including phenoxy) is 2. The van der Waals surface area contributed by atoms with Crippen molar-refractivity contribution in [3.63, 3.8) is 0 Å². The number of amides is 10. The van der Waals surface area contributed by atoms with Gasteiger partial charge in [-0.3, -0.25) is 47.9 Å². The fraction of sp³-hybridized carbons (Fsp3) is 0.714. The zero-order valence-corrected chi connectivity index (χ0v) is 51.2. The molecule has 0 aliphatic carbocycles. The van der Waals surface area contributed by atoms with Crippen LogP contribution in [0.5, 0.6) is 0 Å². The topological polar surface area (TPSA) is 321 Å². The van der Waals surface area contributed by atoms with Crippen molar-refractivity contribution in [2.45, 2.75) is 157 Å². The Morgan fingerprint density at radius 3 is 1.68 bits per heavy atom. The molecule has 24 heteroatoms. The Hall–Kier alpha value is -6.24. The maximum absolute atomic E-state index is 13.9. The van der Waals surface area contributed by atoms with Crippen molar-refractivity contribution in [3.8, 4) is 0 Å². The second-order valence-electron chi connectivity index (χ2n) is 19.7. The third-order valence-electron chi connectivity index (χ3n) is 13.0. The van der Waals surface area contributed by atoms with E-state index in [0.29, 0.717) is 63.3 Å². The first-order chi connectivity index (χ1) is 37.9. The summed E-state index contributed by atoms with van der Waals surface area (Å²) in [4.78, 5) is 121. The highest BCUT2D eigenvalue weighted by molar-refractivity contribution is 5.95. The van der Waals surface area contributed by atoms with Gasteiger partial charge in [-0.15, -0.1) is 0 Å². The first kappa shape index (κ1) is 78.0. The molecule has 1 aromatic rings. The molecule has 2 rings (SSSR count). The van der Waals surface area contributed by atoms with Crippen LogP contribution in [0, 0.1) is 17.8 Å². The normalized spacial score (nSPS) is 14.8. The minimum Gasteiger partial charge on any atom is -0.379 e. The Labute approximate surface area is 478 Å². The molecule has 1 fully saturated rings. The van der Waals surface area contributed by atoms with Gasteiger partial charge in [0.05, 0.1) is 62.8 Å². The van der Waals surface area contributed by atoms with E-state index in [9.17, 15) is 47.9 Å². The highest BCUT2D eigenvalue weighted by Gasteiger charge is 2.42. The van der Waals surface area contributed by atoms with Crippen LogP contribution >= 0.6 is 0 Å². The minimum atomic E-state index is -0.625. The molecule has 80 heavy (non-hydrogen) atoms. The maximum Gasteiger partial charge on any atom is 0.243 e. The van der Waals surface area contributed by atoms with Gasteiger partial charge in [0.1, 0.15) is 0 Å². The largest absolute Gasteiger partial charge is 0.379 e. The highest BCUT2D eigenvalue weighted by atomic mass is 16.5. The fourth-order valence-electron chi connectivity index (χ4n) is 8.01. The summed E-state index contributed by atoms with van der Waals surface area (Å²) < 4.78 is 11.7. The van der Waals surface area contributed by atoms with Gasteiger partial charge in [0, 0.05) is 71.6 Å². The van der Waals surface area contributed by atoms with E-state index < -0.39 is 42.0 Å². The third kappa shape index (κ3) is 34.0. The Morgan fingerprint density at radius 2 is 1.25 bits per heavy atom. The number of likely N-dealkylation sites (N-methyl/N-ethyl adjacent to an activating group) is 2. The van der Waals surface area contributed by atoms with Gasteiger partial charge in [0.2, 0.25) is 60.6 Å². The molecule has 8 atom stereocenters. The van der Waals surface area contributed by atoms with Crippen molar-refractivity contribution < 1.29 is 57.4 Å². The summed E-state index contributed by atoms with van der Waals surface area (Å²) in [6.45, 7) is 23.7. The first-order valence-corrected chi connectivity index (χ1v) is 27.9. The molecule has 0 saturated carbocycles.